The Morgan fingerprint density at radius 3 is 2.74 bits per heavy atom. The SMILES string of the molecule is Cc1cc(N2CCC[C@@H](C(=O)c3nccn3C)C2)nc(-c2ccccc2)n1. The lowest BCUT2D eigenvalue weighted by Gasteiger charge is -2.33. The van der Waals surface area contributed by atoms with Crippen LogP contribution in [0.3, 0.4) is 0 Å². The molecule has 0 saturated carbocycles. The lowest BCUT2D eigenvalue weighted by Crippen LogP contribution is -2.40. The van der Waals surface area contributed by atoms with Gasteiger partial charge in [0.2, 0.25) is 5.78 Å². The maximum atomic E-state index is 12.9. The number of Topliss-reactive ketones (excluding diaryl/α,β-unsaturated/α-hetero) is 1. The largest absolute Gasteiger partial charge is 0.356 e. The summed E-state index contributed by atoms with van der Waals surface area (Å²) < 4.78 is 1.80. The van der Waals surface area contributed by atoms with E-state index in [-0.39, 0.29) is 11.7 Å². The van der Waals surface area contributed by atoms with E-state index in [1.54, 1.807) is 10.8 Å². The second-order valence-electron chi connectivity index (χ2n) is 7.07. The number of piperidine rings is 1. The Labute approximate surface area is 158 Å². The van der Waals surface area contributed by atoms with Crippen molar-refractivity contribution < 1.29 is 4.79 Å². The van der Waals surface area contributed by atoms with Gasteiger partial charge in [-0.15, -0.1) is 0 Å². The van der Waals surface area contributed by atoms with Gasteiger partial charge in [0, 0.05) is 55.8 Å². The molecule has 0 bridgehead atoms. The van der Waals surface area contributed by atoms with Crippen molar-refractivity contribution >= 4 is 11.6 Å². The van der Waals surface area contributed by atoms with Crippen molar-refractivity contribution in [2.45, 2.75) is 19.8 Å². The summed E-state index contributed by atoms with van der Waals surface area (Å²) >= 11 is 0. The molecule has 6 nitrogen and oxygen atoms in total. The summed E-state index contributed by atoms with van der Waals surface area (Å²) in [6, 6.07) is 12.0. The lowest BCUT2D eigenvalue weighted by atomic mass is 9.93. The molecule has 6 heteroatoms. The molecule has 0 N–H and O–H groups in total. The number of nitrogens with zero attached hydrogens (tertiary/aromatic N) is 5. The number of aromatic nitrogens is 4. The number of ketones is 1. The van der Waals surface area contributed by atoms with E-state index >= 15 is 0 Å². The van der Waals surface area contributed by atoms with Crippen LogP contribution in [0.25, 0.3) is 11.4 Å². The van der Waals surface area contributed by atoms with Crippen LogP contribution in [0.2, 0.25) is 0 Å². The number of imidazole rings is 1. The highest BCUT2D eigenvalue weighted by molar-refractivity contribution is 5.95. The molecule has 0 spiro atoms. The summed E-state index contributed by atoms with van der Waals surface area (Å²) in [5.41, 5.74) is 1.93. The van der Waals surface area contributed by atoms with Crippen LogP contribution in [0.15, 0.2) is 48.8 Å². The summed E-state index contributed by atoms with van der Waals surface area (Å²) in [4.78, 5) is 28.7. The molecule has 3 aromatic rings. The van der Waals surface area contributed by atoms with Crippen LogP contribution in [-0.2, 0) is 7.05 Å². The number of anilines is 1. The standard InChI is InChI=1S/C21H23N5O/c1-15-13-18(24-20(23-15)16-7-4-3-5-8-16)26-11-6-9-17(14-26)19(27)21-22-10-12-25(21)2/h3-5,7-8,10,12-13,17H,6,9,11,14H2,1-2H3/t17-/m1/s1. The molecule has 1 aromatic carbocycles. The highest BCUT2D eigenvalue weighted by Crippen LogP contribution is 2.26. The molecule has 1 aliphatic heterocycles. The molecule has 3 heterocycles. The number of carbonyl (C=O) groups excluding carboxylic acids is 1. The first-order valence-electron chi connectivity index (χ1n) is 9.29. The molecule has 1 aliphatic rings. The van der Waals surface area contributed by atoms with Crippen molar-refractivity contribution in [1.82, 2.24) is 19.5 Å². The zero-order valence-corrected chi connectivity index (χ0v) is 15.7. The molecule has 4 rings (SSSR count). The summed E-state index contributed by atoms with van der Waals surface area (Å²) in [5.74, 6) is 2.20. The van der Waals surface area contributed by atoms with E-state index in [0.29, 0.717) is 12.4 Å². The third kappa shape index (κ3) is 3.60. The van der Waals surface area contributed by atoms with E-state index in [1.165, 1.54) is 0 Å². The van der Waals surface area contributed by atoms with Gasteiger partial charge in [-0.3, -0.25) is 4.79 Å². The fourth-order valence-electron chi connectivity index (χ4n) is 3.62. The topological polar surface area (TPSA) is 63.9 Å². The smallest absolute Gasteiger partial charge is 0.203 e. The van der Waals surface area contributed by atoms with Crippen molar-refractivity contribution in [3.63, 3.8) is 0 Å². The van der Waals surface area contributed by atoms with Gasteiger partial charge in [-0.25, -0.2) is 15.0 Å². The molecule has 138 valence electrons. The zero-order chi connectivity index (χ0) is 18.8. The molecule has 1 fully saturated rings. The van der Waals surface area contributed by atoms with Gasteiger partial charge in [-0.1, -0.05) is 30.3 Å². The summed E-state index contributed by atoms with van der Waals surface area (Å²) in [7, 11) is 1.86. The van der Waals surface area contributed by atoms with E-state index in [9.17, 15) is 4.79 Å². The van der Waals surface area contributed by atoms with E-state index < -0.39 is 0 Å². The first-order chi connectivity index (χ1) is 13.1. The van der Waals surface area contributed by atoms with Crippen LogP contribution in [0.4, 0.5) is 5.82 Å². The Morgan fingerprint density at radius 1 is 1.19 bits per heavy atom. The van der Waals surface area contributed by atoms with Crippen molar-refractivity contribution in [3.8, 4) is 11.4 Å². The predicted octanol–water partition coefficient (Wildman–Crippen LogP) is 3.28. The second-order valence-corrected chi connectivity index (χ2v) is 7.07. The maximum Gasteiger partial charge on any atom is 0.203 e. The number of rotatable bonds is 4. The maximum absolute atomic E-state index is 12.9. The fourth-order valence-corrected chi connectivity index (χ4v) is 3.62. The predicted molar refractivity (Wildman–Crippen MR) is 105 cm³/mol. The summed E-state index contributed by atoms with van der Waals surface area (Å²) in [5, 5.41) is 0. The van der Waals surface area contributed by atoms with Gasteiger partial charge in [-0.2, -0.15) is 0 Å². The molecule has 1 atom stereocenters. The van der Waals surface area contributed by atoms with Crippen LogP contribution in [0.1, 0.15) is 29.2 Å². The number of benzene rings is 1. The minimum Gasteiger partial charge on any atom is -0.356 e. The molecule has 1 saturated heterocycles. The van der Waals surface area contributed by atoms with Gasteiger partial charge in [0.1, 0.15) is 5.82 Å². The quantitative estimate of drug-likeness (QED) is 0.667. The van der Waals surface area contributed by atoms with Crippen LogP contribution < -0.4 is 4.90 Å². The molecule has 0 aliphatic carbocycles. The Bertz CT molecular complexity index is 950. The highest BCUT2D eigenvalue weighted by atomic mass is 16.1. The van der Waals surface area contributed by atoms with Gasteiger partial charge in [0.25, 0.3) is 0 Å². The van der Waals surface area contributed by atoms with Crippen LogP contribution in [-0.4, -0.2) is 38.4 Å². The third-order valence-corrected chi connectivity index (χ3v) is 5.03. The Balaban J connectivity index is 1.59. The van der Waals surface area contributed by atoms with Crippen molar-refractivity contribution in [2.75, 3.05) is 18.0 Å². The highest BCUT2D eigenvalue weighted by Gasteiger charge is 2.29. The van der Waals surface area contributed by atoms with E-state index in [2.05, 4.69) is 14.9 Å². The fraction of sp³-hybridized carbons (Fsp3) is 0.333. The Morgan fingerprint density at radius 2 is 2.00 bits per heavy atom. The molecule has 27 heavy (non-hydrogen) atoms. The monoisotopic (exact) mass is 361 g/mol. The van der Waals surface area contributed by atoms with E-state index in [1.807, 2.05) is 56.6 Å². The van der Waals surface area contributed by atoms with Gasteiger partial charge in [0.05, 0.1) is 0 Å². The van der Waals surface area contributed by atoms with Gasteiger partial charge >= 0.3 is 0 Å². The molecule has 0 unspecified atom stereocenters. The summed E-state index contributed by atoms with van der Waals surface area (Å²) in [6.45, 7) is 3.55. The van der Waals surface area contributed by atoms with E-state index in [0.717, 1.165) is 42.3 Å². The molecular weight excluding hydrogens is 338 g/mol. The van der Waals surface area contributed by atoms with Crippen LogP contribution in [0, 0.1) is 12.8 Å². The Kier molecular flexibility index (Phi) is 4.71. The first kappa shape index (κ1) is 17.4. The van der Waals surface area contributed by atoms with Crippen molar-refractivity contribution in [3.05, 3.63) is 60.3 Å². The second kappa shape index (κ2) is 7.31. The van der Waals surface area contributed by atoms with Crippen molar-refractivity contribution in [1.29, 1.82) is 0 Å². The molecular formula is C21H23N5O. The van der Waals surface area contributed by atoms with Gasteiger partial charge in [-0.05, 0) is 19.8 Å². The number of hydrogen-bond donors (Lipinski definition) is 0. The number of carbonyl (C=O) groups is 1. The van der Waals surface area contributed by atoms with E-state index in [4.69, 9.17) is 4.98 Å². The Hall–Kier alpha value is -3.02. The van der Waals surface area contributed by atoms with Gasteiger partial charge in [0.15, 0.2) is 11.6 Å². The van der Waals surface area contributed by atoms with Crippen LogP contribution in [0.5, 0.6) is 0 Å². The molecule has 0 radical (unpaired) electrons. The van der Waals surface area contributed by atoms with Crippen LogP contribution >= 0.6 is 0 Å². The lowest BCUT2D eigenvalue weighted by molar-refractivity contribution is 0.0893. The minimum atomic E-state index is -0.0599. The zero-order valence-electron chi connectivity index (χ0n) is 15.7. The molecule has 0 amide bonds. The third-order valence-electron chi connectivity index (χ3n) is 5.03. The average Bonchev–Trinajstić information content (AvgIpc) is 3.13. The molecule has 2 aromatic heterocycles. The number of hydrogen-bond acceptors (Lipinski definition) is 5. The summed E-state index contributed by atoms with van der Waals surface area (Å²) in [6.07, 6.45) is 5.34. The average molecular weight is 361 g/mol. The normalized spacial score (nSPS) is 17.1. The first-order valence-corrected chi connectivity index (χ1v) is 9.29. The minimum absolute atomic E-state index is 0.0599. The number of aryl methyl sites for hydroxylation is 2. The van der Waals surface area contributed by atoms with Gasteiger partial charge < -0.3 is 9.47 Å². The van der Waals surface area contributed by atoms with Crippen molar-refractivity contribution in [2.24, 2.45) is 13.0 Å².